The molecule has 22 heavy (non-hydrogen) atoms. The molecule has 0 saturated carbocycles. The van der Waals surface area contributed by atoms with Gasteiger partial charge in [0.15, 0.2) is 0 Å². The van der Waals surface area contributed by atoms with Crippen LogP contribution in [0.4, 0.5) is 4.79 Å². The zero-order chi connectivity index (χ0) is 15.7. The molecule has 4 nitrogen and oxygen atoms in total. The number of aromatic amines is 1. The van der Waals surface area contributed by atoms with E-state index in [1.165, 1.54) is 22.2 Å². The van der Waals surface area contributed by atoms with Gasteiger partial charge in [-0.1, -0.05) is 19.1 Å². The standard InChI is InChI=1S/C18H22N2O2/c1-5-17(3)18(4)13-7-6-8-14-15(13)12(11(2)19-14)9-10-20(18)16(21)22-17/h6-8,19H,5,9-10H2,1-4H3/t17-,18-/m0/s1. The fourth-order valence-electron chi connectivity index (χ4n) is 4.37. The molecule has 0 spiro atoms. The Hall–Kier alpha value is -1.97. The Balaban J connectivity index is 2.10. The third-order valence-electron chi connectivity index (χ3n) is 6.03. The molecule has 1 saturated heterocycles. The summed E-state index contributed by atoms with van der Waals surface area (Å²) in [7, 11) is 0. The summed E-state index contributed by atoms with van der Waals surface area (Å²) in [6.07, 6.45) is 1.48. The zero-order valence-electron chi connectivity index (χ0n) is 13.6. The average Bonchev–Trinajstić information content (AvgIpc) is 2.84. The number of benzene rings is 1. The minimum atomic E-state index is -0.509. The van der Waals surface area contributed by atoms with Crippen LogP contribution in [0.15, 0.2) is 18.2 Å². The van der Waals surface area contributed by atoms with Crippen molar-refractivity contribution in [3.05, 3.63) is 35.0 Å². The molecule has 1 aromatic carbocycles. The predicted octanol–water partition coefficient (Wildman–Crippen LogP) is 3.87. The SMILES string of the molecule is CC[C@]1(C)OC(=O)N2CCc3c(C)[nH]c4cccc(c34)[C@]21C. The molecule has 1 amide bonds. The van der Waals surface area contributed by atoms with Crippen LogP contribution in [0.2, 0.25) is 0 Å². The summed E-state index contributed by atoms with van der Waals surface area (Å²) in [5.41, 5.74) is 3.97. The van der Waals surface area contributed by atoms with Crippen LogP contribution in [-0.2, 0) is 16.7 Å². The van der Waals surface area contributed by atoms with Crippen LogP contribution >= 0.6 is 0 Å². The molecule has 4 heteroatoms. The number of amides is 1. The average molecular weight is 298 g/mol. The number of hydrogen-bond donors (Lipinski definition) is 1. The lowest BCUT2D eigenvalue weighted by atomic mass is 9.74. The molecule has 0 radical (unpaired) electrons. The van der Waals surface area contributed by atoms with E-state index in [1.54, 1.807) is 0 Å². The van der Waals surface area contributed by atoms with Crippen LogP contribution in [0, 0.1) is 6.92 Å². The minimum absolute atomic E-state index is 0.185. The van der Waals surface area contributed by atoms with Crippen LogP contribution in [0.5, 0.6) is 0 Å². The number of rotatable bonds is 1. The molecular formula is C18H22N2O2. The Morgan fingerprint density at radius 1 is 1.36 bits per heavy atom. The molecule has 2 aliphatic heterocycles. The highest BCUT2D eigenvalue weighted by Crippen LogP contribution is 2.52. The number of cyclic esters (lactones) is 1. The third kappa shape index (κ3) is 1.36. The number of nitrogens with one attached hydrogen (secondary N) is 1. The molecular weight excluding hydrogens is 276 g/mol. The molecule has 1 fully saturated rings. The van der Waals surface area contributed by atoms with E-state index >= 15 is 0 Å². The van der Waals surface area contributed by atoms with Crippen molar-refractivity contribution in [2.45, 2.75) is 51.7 Å². The van der Waals surface area contributed by atoms with Gasteiger partial charge in [0.25, 0.3) is 0 Å². The van der Waals surface area contributed by atoms with Crippen molar-refractivity contribution >= 4 is 17.0 Å². The summed E-state index contributed by atoms with van der Waals surface area (Å²) in [6.45, 7) is 9.14. The van der Waals surface area contributed by atoms with E-state index < -0.39 is 11.1 Å². The first-order valence-corrected chi connectivity index (χ1v) is 8.03. The normalized spacial score (nSPS) is 30.4. The van der Waals surface area contributed by atoms with Gasteiger partial charge in [0, 0.05) is 23.1 Å². The van der Waals surface area contributed by atoms with Gasteiger partial charge in [0.2, 0.25) is 0 Å². The van der Waals surface area contributed by atoms with E-state index in [4.69, 9.17) is 4.74 Å². The third-order valence-corrected chi connectivity index (χ3v) is 6.03. The van der Waals surface area contributed by atoms with Gasteiger partial charge in [-0.05, 0) is 50.8 Å². The van der Waals surface area contributed by atoms with Crippen LogP contribution < -0.4 is 0 Å². The van der Waals surface area contributed by atoms with Crippen molar-refractivity contribution in [3.63, 3.8) is 0 Å². The van der Waals surface area contributed by atoms with Gasteiger partial charge >= 0.3 is 6.09 Å². The lowest BCUT2D eigenvalue weighted by molar-refractivity contribution is 0.00345. The Morgan fingerprint density at radius 3 is 2.86 bits per heavy atom. The first-order valence-electron chi connectivity index (χ1n) is 8.03. The number of aromatic nitrogens is 1. The summed E-state index contributed by atoms with van der Waals surface area (Å²) in [5, 5.41) is 1.28. The van der Waals surface area contributed by atoms with E-state index in [0.717, 1.165) is 18.4 Å². The quantitative estimate of drug-likeness (QED) is 0.868. The maximum Gasteiger partial charge on any atom is 0.411 e. The van der Waals surface area contributed by atoms with E-state index in [-0.39, 0.29) is 6.09 Å². The molecule has 116 valence electrons. The van der Waals surface area contributed by atoms with Crippen LogP contribution in [0.25, 0.3) is 10.9 Å². The summed E-state index contributed by atoms with van der Waals surface area (Å²) in [5.74, 6) is 0. The molecule has 2 aliphatic rings. The van der Waals surface area contributed by atoms with Gasteiger partial charge in [-0.15, -0.1) is 0 Å². The fraction of sp³-hybridized carbons (Fsp3) is 0.500. The van der Waals surface area contributed by atoms with Crippen LogP contribution in [0.3, 0.4) is 0 Å². The summed E-state index contributed by atoms with van der Waals surface area (Å²) < 4.78 is 5.83. The number of ether oxygens (including phenoxy) is 1. The number of carbonyl (C=O) groups excluding carboxylic acids is 1. The second-order valence-corrected chi connectivity index (χ2v) is 6.88. The number of fused-ring (bicyclic) bond motifs is 2. The van der Waals surface area contributed by atoms with Crippen LogP contribution in [0.1, 0.15) is 44.0 Å². The van der Waals surface area contributed by atoms with Crippen molar-refractivity contribution in [3.8, 4) is 0 Å². The highest BCUT2D eigenvalue weighted by molar-refractivity contribution is 5.91. The topological polar surface area (TPSA) is 45.3 Å². The first kappa shape index (κ1) is 13.7. The van der Waals surface area contributed by atoms with Gasteiger partial charge in [0.05, 0.1) is 0 Å². The molecule has 1 aromatic heterocycles. The van der Waals surface area contributed by atoms with E-state index in [2.05, 4.69) is 50.9 Å². The Bertz CT molecular complexity index is 794. The van der Waals surface area contributed by atoms with Crippen molar-refractivity contribution in [1.82, 2.24) is 9.88 Å². The van der Waals surface area contributed by atoms with E-state index in [9.17, 15) is 4.79 Å². The van der Waals surface area contributed by atoms with Crippen LogP contribution in [-0.4, -0.2) is 28.1 Å². The lowest BCUT2D eigenvalue weighted by Gasteiger charge is -2.41. The van der Waals surface area contributed by atoms with Gasteiger partial charge in [0.1, 0.15) is 11.1 Å². The zero-order valence-corrected chi connectivity index (χ0v) is 13.6. The molecule has 2 aromatic rings. The minimum Gasteiger partial charge on any atom is -0.440 e. The summed E-state index contributed by atoms with van der Waals surface area (Å²) >= 11 is 0. The summed E-state index contributed by atoms with van der Waals surface area (Å²) in [6, 6.07) is 6.35. The molecule has 1 N–H and O–H groups in total. The highest BCUT2D eigenvalue weighted by atomic mass is 16.6. The molecule has 0 bridgehead atoms. The van der Waals surface area contributed by atoms with Crippen molar-refractivity contribution in [1.29, 1.82) is 0 Å². The number of H-pyrrole nitrogens is 1. The number of carbonyl (C=O) groups is 1. The molecule has 3 heterocycles. The maximum absolute atomic E-state index is 12.5. The monoisotopic (exact) mass is 298 g/mol. The second kappa shape index (κ2) is 4.06. The van der Waals surface area contributed by atoms with Gasteiger partial charge < -0.3 is 9.72 Å². The molecule has 0 aliphatic carbocycles. The maximum atomic E-state index is 12.5. The smallest absolute Gasteiger partial charge is 0.411 e. The van der Waals surface area contributed by atoms with E-state index in [0.29, 0.717) is 6.54 Å². The van der Waals surface area contributed by atoms with Gasteiger partial charge in [-0.25, -0.2) is 4.79 Å². The molecule has 2 atom stereocenters. The first-order chi connectivity index (χ1) is 10.4. The molecule has 4 rings (SSSR count). The van der Waals surface area contributed by atoms with Gasteiger partial charge in [-0.2, -0.15) is 0 Å². The van der Waals surface area contributed by atoms with E-state index in [1.807, 2.05) is 4.90 Å². The molecule has 0 unspecified atom stereocenters. The Morgan fingerprint density at radius 2 is 2.14 bits per heavy atom. The van der Waals surface area contributed by atoms with Gasteiger partial charge in [-0.3, -0.25) is 4.90 Å². The number of hydrogen-bond acceptors (Lipinski definition) is 2. The van der Waals surface area contributed by atoms with Crippen molar-refractivity contribution in [2.24, 2.45) is 0 Å². The lowest BCUT2D eigenvalue weighted by Crippen LogP contribution is -2.52. The number of nitrogens with zero attached hydrogens (tertiary/aromatic N) is 1. The predicted molar refractivity (Wildman–Crippen MR) is 86.0 cm³/mol. The largest absolute Gasteiger partial charge is 0.440 e. The fourth-order valence-corrected chi connectivity index (χ4v) is 4.37. The summed E-state index contributed by atoms with van der Waals surface area (Å²) in [4.78, 5) is 17.9. The Labute approximate surface area is 130 Å². The number of aryl methyl sites for hydroxylation is 1. The second-order valence-electron chi connectivity index (χ2n) is 6.88. The van der Waals surface area contributed by atoms with Crippen molar-refractivity contribution in [2.75, 3.05) is 6.54 Å². The highest BCUT2D eigenvalue weighted by Gasteiger charge is 2.60. The van der Waals surface area contributed by atoms with Crippen molar-refractivity contribution < 1.29 is 9.53 Å². The Kier molecular flexibility index (Phi) is 2.52.